The number of carbonyl (C=O) groups excluding carboxylic acids is 2. The van der Waals surface area contributed by atoms with E-state index in [-0.39, 0.29) is 23.1 Å². The van der Waals surface area contributed by atoms with Crippen LogP contribution in [0.15, 0.2) is 76.7 Å². The minimum atomic E-state index is -0.306. The topological polar surface area (TPSA) is 93.1 Å². The van der Waals surface area contributed by atoms with Crippen molar-refractivity contribution in [2.75, 3.05) is 11.1 Å². The number of nitrogens with one attached hydrogen (secondary N) is 2. The molecule has 5 rings (SSSR count). The van der Waals surface area contributed by atoms with E-state index >= 15 is 0 Å². The van der Waals surface area contributed by atoms with E-state index in [1.165, 1.54) is 23.1 Å². The third-order valence-electron chi connectivity index (χ3n) is 7.13. The van der Waals surface area contributed by atoms with Gasteiger partial charge in [-0.05, 0) is 75.1 Å². The van der Waals surface area contributed by atoms with Gasteiger partial charge in [-0.2, -0.15) is 0 Å². The van der Waals surface area contributed by atoms with Gasteiger partial charge in [-0.1, -0.05) is 65.9 Å². The summed E-state index contributed by atoms with van der Waals surface area (Å²) < 4.78 is 1.62. The van der Waals surface area contributed by atoms with E-state index in [0.29, 0.717) is 33.2 Å². The molecular weight excluding hydrogens is 565 g/mol. The van der Waals surface area contributed by atoms with Crippen molar-refractivity contribution in [3.05, 3.63) is 115 Å². The highest BCUT2D eigenvalue weighted by Gasteiger charge is 2.20. The average molecular weight is 597 g/mol. The lowest BCUT2D eigenvalue weighted by molar-refractivity contribution is -0.113. The van der Waals surface area contributed by atoms with Crippen LogP contribution in [0.5, 0.6) is 0 Å². The number of anilines is 1. The molecule has 0 saturated carbocycles. The van der Waals surface area contributed by atoms with Gasteiger partial charge in [0.2, 0.25) is 5.91 Å². The summed E-state index contributed by atoms with van der Waals surface area (Å²) in [6.07, 6.45) is 0. The highest BCUT2D eigenvalue weighted by Crippen LogP contribution is 2.30. The van der Waals surface area contributed by atoms with Gasteiger partial charge in [0.1, 0.15) is 4.83 Å². The Morgan fingerprint density at radius 2 is 1.64 bits per heavy atom. The van der Waals surface area contributed by atoms with Crippen LogP contribution in [0.4, 0.5) is 5.69 Å². The molecule has 214 valence electrons. The van der Waals surface area contributed by atoms with Crippen molar-refractivity contribution in [2.24, 2.45) is 0 Å². The van der Waals surface area contributed by atoms with Crippen LogP contribution in [0.3, 0.4) is 0 Å². The van der Waals surface area contributed by atoms with Crippen molar-refractivity contribution in [2.45, 2.75) is 46.3 Å². The van der Waals surface area contributed by atoms with Crippen molar-refractivity contribution in [3.8, 4) is 5.69 Å². The number of hydrogen-bond donors (Lipinski definition) is 2. The van der Waals surface area contributed by atoms with Gasteiger partial charge >= 0.3 is 0 Å². The first kappa shape index (κ1) is 29.3. The van der Waals surface area contributed by atoms with Gasteiger partial charge in [-0.25, -0.2) is 4.98 Å². The second-order valence-electron chi connectivity index (χ2n) is 10.3. The number of carbonyl (C=O) groups is 2. The zero-order valence-corrected chi connectivity index (χ0v) is 25.8. The summed E-state index contributed by atoms with van der Waals surface area (Å²) in [6, 6.07) is 20.8. The average Bonchev–Trinajstić information content (AvgIpc) is 3.26. The molecule has 9 heteroatoms. The van der Waals surface area contributed by atoms with Crippen LogP contribution in [0, 0.1) is 34.6 Å². The van der Waals surface area contributed by atoms with E-state index in [9.17, 15) is 14.4 Å². The van der Waals surface area contributed by atoms with E-state index in [1.54, 1.807) is 28.8 Å². The number of thiophene rings is 1. The van der Waals surface area contributed by atoms with Gasteiger partial charge in [-0.15, -0.1) is 11.3 Å². The highest BCUT2D eigenvalue weighted by atomic mass is 32.2. The van der Waals surface area contributed by atoms with Gasteiger partial charge in [0, 0.05) is 11.4 Å². The number of fused-ring (bicyclic) bond motifs is 1. The second kappa shape index (κ2) is 12.3. The standard InChI is InChI=1S/C33H32N4O3S2/c1-19-11-14-24(15-12-19)17-34-30(39)25-8-6-7-9-26(25)35-28(38)18-41-33-36-31-29(22(4)23(5)42-31)32(40)37(33)27-16-20(2)10-13-21(27)3/h6-16H,17-18H2,1-5H3,(H,34,39)(H,35,38). The molecule has 2 amide bonds. The molecule has 3 aromatic carbocycles. The predicted octanol–water partition coefficient (Wildman–Crippen LogP) is 6.65. The van der Waals surface area contributed by atoms with E-state index in [1.807, 2.05) is 77.1 Å². The van der Waals surface area contributed by atoms with E-state index < -0.39 is 0 Å². The molecule has 0 fully saturated rings. The Balaban J connectivity index is 1.38. The number of nitrogens with zero attached hydrogens (tertiary/aromatic N) is 2. The molecule has 0 aliphatic rings. The van der Waals surface area contributed by atoms with Gasteiger partial charge in [0.15, 0.2) is 5.16 Å². The Hall–Kier alpha value is -4.21. The fourth-order valence-electron chi connectivity index (χ4n) is 4.63. The molecule has 0 radical (unpaired) electrons. The maximum absolute atomic E-state index is 13.9. The molecule has 42 heavy (non-hydrogen) atoms. The van der Waals surface area contributed by atoms with Crippen LogP contribution >= 0.6 is 23.1 Å². The molecule has 0 aliphatic heterocycles. The van der Waals surface area contributed by atoms with Crippen LogP contribution in [0.2, 0.25) is 0 Å². The van der Waals surface area contributed by atoms with Crippen molar-refractivity contribution >= 4 is 50.8 Å². The number of aromatic nitrogens is 2. The van der Waals surface area contributed by atoms with Crippen molar-refractivity contribution in [1.82, 2.24) is 14.9 Å². The molecule has 0 spiro atoms. The Labute approximate surface area is 253 Å². The first-order valence-corrected chi connectivity index (χ1v) is 15.4. The normalized spacial score (nSPS) is 11.1. The summed E-state index contributed by atoms with van der Waals surface area (Å²) in [5.74, 6) is -0.580. The summed E-state index contributed by atoms with van der Waals surface area (Å²) >= 11 is 2.68. The fourth-order valence-corrected chi connectivity index (χ4v) is 6.51. The molecule has 0 bridgehead atoms. The summed E-state index contributed by atoms with van der Waals surface area (Å²) in [5, 5.41) is 6.86. The molecule has 5 aromatic rings. The van der Waals surface area contributed by atoms with Crippen LogP contribution < -0.4 is 16.2 Å². The minimum absolute atomic E-state index is 0.00543. The third kappa shape index (κ3) is 6.17. The Morgan fingerprint density at radius 3 is 2.40 bits per heavy atom. The summed E-state index contributed by atoms with van der Waals surface area (Å²) in [7, 11) is 0. The highest BCUT2D eigenvalue weighted by molar-refractivity contribution is 7.99. The predicted molar refractivity (Wildman–Crippen MR) is 172 cm³/mol. The first-order valence-electron chi connectivity index (χ1n) is 13.6. The molecular formula is C33H32N4O3S2. The third-order valence-corrected chi connectivity index (χ3v) is 9.17. The van der Waals surface area contributed by atoms with Gasteiger partial charge in [0.25, 0.3) is 11.5 Å². The molecule has 0 unspecified atom stereocenters. The SMILES string of the molecule is Cc1ccc(CNC(=O)c2ccccc2NC(=O)CSc2nc3sc(C)c(C)c3c(=O)n2-c2cc(C)ccc2C)cc1. The van der Waals surface area contributed by atoms with Crippen LogP contribution in [0.1, 0.15) is 43.1 Å². The lowest BCUT2D eigenvalue weighted by Gasteiger charge is -2.15. The molecule has 0 saturated heterocycles. The number of hydrogen-bond acceptors (Lipinski definition) is 6. The summed E-state index contributed by atoms with van der Waals surface area (Å²) in [6.45, 7) is 10.3. The van der Waals surface area contributed by atoms with Crippen LogP contribution in [0.25, 0.3) is 15.9 Å². The Morgan fingerprint density at radius 1 is 0.929 bits per heavy atom. The smallest absolute Gasteiger partial charge is 0.267 e. The number of rotatable bonds is 8. The molecule has 2 aromatic heterocycles. The Bertz CT molecular complexity index is 1870. The minimum Gasteiger partial charge on any atom is -0.348 e. The van der Waals surface area contributed by atoms with Crippen LogP contribution in [-0.4, -0.2) is 27.1 Å². The Kier molecular flexibility index (Phi) is 8.61. The zero-order chi connectivity index (χ0) is 30.0. The van der Waals surface area contributed by atoms with E-state index in [0.717, 1.165) is 38.4 Å². The lowest BCUT2D eigenvalue weighted by atomic mass is 10.1. The van der Waals surface area contributed by atoms with Gasteiger partial charge in [0.05, 0.1) is 28.1 Å². The lowest BCUT2D eigenvalue weighted by Crippen LogP contribution is -2.25. The van der Waals surface area contributed by atoms with E-state index in [2.05, 4.69) is 10.6 Å². The number of benzene rings is 3. The molecule has 0 atom stereocenters. The number of thioether (sulfide) groups is 1. The zero-order valence-electron chi connectivity index (χ0n) is 24.2. The molecule has 2 heterocycles. The first-order chi connectivity index (χ1) is 20.1. The van der Waals surface area contributed by atoms with Crippen LogP contribution in [-0.2, 0) is 11.3 Å². The maximum atomic E-state index is 13.9. The van der Waals surface area contributed by atoms with E-state index in [4.69, 9.17) is 4.98 Å². The monoisotopic (exact) mass is 596 g/mol. The second-order valence-corrected chi connectivity index (χ2v) is 12.5. The summed E-state index contributed by atoms with van der Waals surface area (Å²) in [5.41, 5.74) is 6.42. The van der Waals surface area contributed by atoms with Crippen molar-refractivity contribution < 1.29 is 9.59 Å². The quantitative estimate of drug-likeness (QED) is 0.155. The number of amides is 2. The largest absolute Gasteiger partial charge is 0.348 e. The molecule has 0 aliphatic carbocycles. The van der Waals surface area contributed by atoms with Gasteiger partial charge < -0.3 is 10.6 Å². The van der Waals surface area contributed by atoms with Gasteiger partial charge in [-0.3, -0.25) is 19.0 Å². The maximum Gasteiger partial charge on any atom is 0.267 e. The van der Waals surface area contributed by atoms with Crippen molar-refractivity contribution in [1.29, 1.82) is 0 Å². The number of aryl methyl sites for hydroxylation is 5. The molecule has 2 N–H and O–H groups in total. The fraction of sp³-hybridized carbons (Fsp3) is 0.212. The number of para-hydroxylation sites is 1. The molecule has 7 nitrogen and oxygen atoms in total. The summed E-state index contributed by atoms with van der Waals surface area (Å²) in [4.78, 5) is 46.6. The van der Waals surface area contributed by atoms with Crippen molar-refractivity contribution in [3.63, 3.8) is 0 Å².